The molecule has 0 fully saturated rings. The number of hydrogen-bond acceptors (Lipinski definition) is 6. The first-order valence-electron chi connectivity index (χ1n) is 8.85. The van der Waals surface area contributed by atoms with E-state index >= 15 is 0 Å². The molecule has 0 unspecified atom stereocenters. The highest BCUT2D eigenvalue weighted by atomic mass is 32.2. The number of sulfonamides is 1. The third kappa shape index (κ3) is 4.73. The molecule has 7 nitrogen and oxygen atoms in total. The number of nitrogens with zero attached hydrogens (tertiary/aromatic N) is 1. The van der Waals surface area contributed by atoms with Crippen molar-refractivity contribution in [2.24, 2.45) is 5.14 Å². The Bertz CT molecular complexity index is 1190. The maximum absolute atomic E-state index is 12.5. The number of carbonyl (C=O) groups is 1. The predicted molar refractivity (Wildman–Crippen MR) is 114 cm³/mol. The molecule has 2 aromatic carbocycles. The van der Waals surface area contributed by atoms with Crippen LogP contribution in [0.4, 0.5) is 0 Å². The minimum absolute atomic E-state index is 0.0547. The summed E-state index contributed by atoms with van der Waals surface area (Å²) in [5, 5.41) is 5.08. The highest BCUT2D eigenvalue weighted by Crippen LogP contribution is 2.36. The molecular formula is C22H20N2O5S. The number of allylic oxidation sites excluding steroid dienone is 1. The van der Waals surface area contributed by atoms with Crippen LogP contribution < -0.4 is 14.6 Å². The zero-order valence-electron chi connectivity index (χ0n) is 16.4. The molecule has 3 aromatic rings. The predicted octanol–water partition coefficient (Wildman–Crippen LogP) is 3.31. The van der Waals surface area contributed by atoms with Crippen LogP contribution in [0.5, 0.6) is 11.5 Å². The lowest BCUT2D eigenvalue weighted by molar-refractivity contribution is 0.104. The fourth-order valence-corrected chi connectivity index (χ4v) is 3.39. The quantitative estimate of drug-likeness (QED) is 0.460. The first-order chi connectivity index (χ1) is 14.3. The van der Waals surface area contributed by atoms with Crippen molar-refractivity contribution in [1.29, 1.82) is 0 Å². The van der Waals surface area contributed by atoms with E-state index in [1.54, 1.807) is 31.6 Å². The topological polar surface area (TPSA) is 109 Å². The van der Waals surface area contributed by atoms with E-state index in [1.807, 2.05) is 18.2 Å². The van der Waals surface area contributed by atoms with Crippen molar-refractivity contribution in [3.05, 3.63) is 78.1 Å². The van der Waals surface area contributed by atoms with Crippen molar-refractivity contribution in [3.63, 3.8) is 0 Å². The molecule has 0 atom stereocenters. The largest absolute Gasteiger partial charge is 0.496 e. The molecule has 0 radical (unpaired) electrons. The molecular weight excluding hydrogens is 404 g/mol. The number of methoxy groups -OCH3 is 2. The summed E-state index contributed by atoms with van der Waals surface area (Å²) in [4.78, 5) is 16.6. The summed E-state index contributed by atoms with van der Waals surface area (Å²) < 4.78 is 33.6. The molecule has 30 heavy (non-hydrogen) atoms. The number of nitrogens with two attached hydrogens (primary N) is 1. The summed E-state index contributed by atoms with van der Waals surface area (Å²) in [7, 11) is -0.710. The SMILES string of the molecule is COc1cc(OC)c(-c2cccnc2)cc1/C=C/C(=O)c1ccc(S(N)(=O)=O)cc1. The third-order valence-electron chi connectivity index (χ3n) is 4.41. The van der Waals surface area contributed by atoms with Crippen LogP contribution in [0.15, 0.2) is 71.9 Å². The Balaban J connectivity index is 1.95. The molecule has 0 saturated heterocycles. The third-order valence-corrected chi connectivity index (χ3v) is 5.34. The van der Waals surface area contributed by atoms with Crippen LogP contribution in [0, 0.1) is 0 Å². The first-order valence-corrected chi connectivity index (χ1v) is 10.4. The van der Waals surface area contributed by atoms with Crippen LogP contribution in [-0.4, -0.2) is 33.4 Å². The van der Waals surface area contributed by atoms with Gasteiger partial charge in [0.2, 0.25) is 10.0 Å². The Morgan fingerprint density at radius 1 is 1.03 bits per heavy atom. The number of ketones is 1. The van der Waals surface area contributed by atoms with Gasteiger partial charge >= 0.3 is 0 Å². The van der Waals surface area contributed by atoms with Gasteiger partial charge in [0.25, 0.3) is 0 Å². The van der Waals surface area contributed by atoms with Crippen molar-refractivity contribution in [1.82, 2.24) is 4.98 Å². The van der Waals surface area contributed by atoms with Gasteiger partial charge in [-0.2, -0.15) is 0 Å². The van der Waals surface area contributed by atoms with Crippen LogP contribution in [0.1, 0.15) is 15.9 Å². The van der Waals surface area contributed by atoms with Gasteiger partial charge in [0.1, 0.15) is 11.5 Å². The van der Waals surface area contributed by atoms with E-state index in [-0.39, 0.29) is 10.7 Å². The number of primary sulfonamides is 1. The lowest BCUT2D eigenvalue weighted by Gasteiger charge is -2.13. The van der Waals surface area contributed by atoms with Gasteiger partial charge in [-0.15, -0.1) is 0 Å². The molecule has 1 aromatic heterocycles. The van der Waals surface area contributed by atoms with Crippen LogP contribution >= 0.6 is 0 Å². The van der Waals surface area contributed by atoms with Crippen LogP contribution in [0.25, 0.3) is 17.2 Å². The van der Waals surface area contributed by atoms with Gasteiger partial charge in [0, 0.05) is 40.7 Å². The van der Waals surface area contributed by atoms with Crippen LogP contribution in [0.2, 0.25) is 0 Å². The zero-order chi connectivity index (χ0) is 21.7. The minimum Gasteiger partial charge on any atom is -0.496 e. The van der Waals surface area contributed by atoms with Crippen molar-refractivity contribution < 1.29 is 22.7 Å². The van der Waals surface area contributed by atoms with Gasteiger partial charge in [-0.05, 0) is 48.6 Å². The summed E-state index contributed by atoms with van der Waals surface area (Å²) in [6.45, 7) is 0. The van der Waals surface area contributed by atoms with E-state index in [0.29, 0.717) is 22.6 Å². The van der Waals surface area contributed by atoms with E-state index in [4.69, 9.17) is 14.6 Å². The van der Waals surface area contributed by atoms with Crippen molar-refractivity contribution in [2.75, 3.05) is 14.2 Å². The van der Waals surface area contributed by atoms with Gasteiger partial charge in [-0.3, -0.25) is 9.78 Å². The van der Waals surface area contributed by atoms with Gasteiger partial charge in [-0.1, -0.05) is 6.07 Å². The van der Waals surface area contributed by atoms with E-state index in [1.165, 1.54) is 37.5 Å². The second-order valence-electron chi connectivity index (χ2n) is 6.30. The number of carbonyl (C=O) groups excluding carboxylic acids is 1. The van der Waals surface area contributed by atoms with E-state index in [2.05, 4.69) is 4.98 Å². The summed E-state index contributed by atoms with van der Waals surface area (Å²) in [5.41, 5.74) is 2.66. The molecule has 1 heterocycles. The summed E-state index contributed by atoms with van der Waals surface area (Å²) >= 11 is 0. The minimum atomic E-state index is -3.81. The second kappa shape index (κ2) is 8.89. The Kier molecular flexibility index (Phi) is 6.29. The summed E-state index contributed by atoms with van der Waals surface area (Å²) in [6.07, 6.45) is 6.42. The fourth-order valence-electron chi connectivity index (χ4n) is 2.87. The lowest BCUT2D eigenvalue weighted by Crippen LogP contribution is -2.12. The highest BCUT2D eigenvalue weighted by Gasteiger charge is 2.13. The Labute approximate surface area is 174 Å². The van der Waals surface area contributed by atoms with E-state index in [0.717, 1.165) is 11.1 Å². The molecule has 0 amide bonds. The number of pyridine rings is 1. The fraction of sp³-hybridized carbons (Fsp3) is 0.0909. The number of rotatable bonds is 7. The molecule has 0 aliphatic heterocycles. The van der Waals surface area contributed by atoms with Crippen molar-refractivity contribution in [2.45, 2.75) is 4.90 Å². The number of aromatic nitrogens is 1. The first kappa shape index (κ1) is 21.2. The molecule has 2 N–H and O–H groups in total. The average Bonchev–Trinajstić information content (AvgIpc) is 2.76. The van der Waals surface area contributed by atoms with Gasteiger partial charge < -0.3 is 9.47 Å². The van der Waals surface area contributed by atoms with Gasteiger partial charge in [-0.25, -0.2) is 13.6 Å². The van der Waals surface area contributed by atoms with Crippen LogP contribution in [-0.2, 0) is 10.0 Å². The molecule has 0 spiro atoms. The average molecular weight is 424 g/mol. The van der Waals surface area contributed by atoms with Gasteiger partial charge in [0.05, 0.1) is 19.1 Å². The molecule has 8 heteroatoms. The van der Waals surface area contributed by atoms with Crippen LogP contribution in [0.3, 0.4) is 0 Å². The number of ether oxygens (including phenoxy) is 2. The standard InChI is InChI=1S/C22H20N2O5S/c1-28-21-13-22(29-2)19(17-4-3-11-24-14-17)12-16(21)7-10-20(25)15-5-8-18(9-6-15)30(23,26)27/h3-14H,1-2H3,(H2,23,26,27)/b10-7+. The number of hydrogen-bond donors (Lipinski definition) is 1. The maximum Gasteiger partial charge on any atom is 0.238 e. The van der Waals surface area contributed by atoms with E-state index < -0.39 is 10.0 Å². The molecule has 0 aliphatic rings. The van der Waals surface area contributed by atoms with E-state index in [9.17, 15) is 13.2 Å². The monoisotopic (exact) mass is 424 g/mol. The maximum atomic E-state index is 12.5. The molecule has 154 valence electrons. The Morgan fingerprint density at radius 2 is 1.73 bits per heavy atom. The summed E-state index contributed by atoms with van der Waals surface area (Å²) in [5.74, 6) is 0.854. The number of benzene rings is 2. The molecule has 0 bridgehead atoms. The summed E-state index contributed by atoms with van der Waals surface area (Å²) in [6, 6.07) is 12.7. The van der Waals surface area contributed by atoms with Crippen molar-refractivity contribution in [3.8, 4) is 22.6 Å². The van der Waals surface area contributed by atoms with Crippen molar-refractivity contribution >= 4 is 21.9 Å². The highest BCUT2D eigenvalue weighted by molar-refractivity contribution is 7.89. The second-order valence-corrected chi connectivity index (χ2v) is 7.86. The molecule has 0 saturated carbocycles. The normalized spacial score (nSPS) is 11.4. The molecule has 0 aliphatic carbocycles. The zero-order valence-corrected chi connectivity index (χ0v) is 17.2. The molecule has 3 rings (SSSR count). The van der Waals surface area contributed by atoms with Gasteiger partial charge in [0.15, 0.2) is 5.78 Å². The Hall–Kier alpha value is -3.49. The lowest BCUT2D eigenvalue weighted by atomic mass is 10.0. The Morgan fingerprint density at radius 3 is 2.30 bits per heavy atom. The smallest absolute Gasteiger partial charge is 0.238 e.